The Morgan fingerprint density at radius 2 is 2.24 bits per heavy atom. The minimum absolute atomic E-state index is 0.381. The number of aromatic amines is 1. The summed E-state index contributed by atoms with van der Waals surface area (Å²) in [4.78, 5) is 0. The highest BCUT2D eigenvalue weighted by molar-refractivity contribution is 5.13. The molecule has 3 heteroatoms. The lowest BCUT2D eigenvalue weighted by molar-refractivity contribution is 0.307. The molecular weight excluding hydrogens is 210 g/mol. The van der Waals surface area contributed by atoms with Gasteiger partial charge in [-0.2, -0.15) is 5.10 Å². The molecule has 0 aromatic carbocycles. The Morgan fingerprint density at radius 3 is 2.82 bits per heavy atom. The van der Waals surface area contributed by atoms with Crippen LogP contribution in [0.15, 0.2) is 24.5 Å². The zero-order valence-corrected chi connectivity index (χ0v) is 10.6. The standard InChI is InChI=1S/C14H21N3/c1-9(13-7-15-16-8-13)17-10(2)14-6-11-3-4-12(14)5-11/h3-4,7-12,14,17H,5-6H2,1-2H3,(H,15,16). The van der Waals surface area contributed by atoms with E-state index in [1.54, 1.807) is 0 Å². The molecule has 2 aliphatic carbocycles. The van der Waals surface area contributed by atoms with Crippen molar-refractivity contribution < 1.29 is 0 Å². The third kappa shape index (κ3) is 2.04. The first-order valence-corrected chi connectivity index (χ1v) is 6.67. The number of hydrogen-bond donors (Lipinski definition) is 2. The third-order valence-electron chi connectivity index (χ3n) is 4.50. The van der Waals surface area contributed by atoms with Crippen molar-refractivity contribution >= 4 is 0 Å². The largest absolute Gasteiger partial charge is 0.307 e. The van der Waals surface area contributed by atoms with E-state index in [2.05, 4.69) is 41.5 Å². The first-order chi connectivity index (χ1) is 8.24. The van der Waals surface area contributed by atoms with Gasteiger partial charge in [-0.3, -0.25) is 5.10 Å². The molecule has 3 nitrogen and oxygen atoms in total. The van der Waals surface area contributed by atoms with Crippen LogP contribution >= 0.6 is 0 Å². The monoisotopic (exact) mass is 231 g/mol. The van der Waals surface area contributed by atoms with E-state index in [4.69, 9.17) is 0 Å². The van der Waals surface area contributed by atoms with Gasteiger partial charge in [-0.05, 0) is 44.4 Å². The summed E-state index contributed by atoms with van der Waals surface area (Å²) < 4.78 is 0. The summed E-state index contributed by atoms with van der Waals surface area (Å²) in [7, 11) is 0. The zero-order chi connectivity index (χ0) is 11.8. The molecule has 2 aliphatic rings. The van der Waals surface area contributed by atoms with Crippen LogP contribution in [0.25, 0.3) is 0 Å². The van der Waals surface area contributed by atoms with E-state index in [-0.39, 0.29) is 0 Å². The van der Waals surface area contributed by atoms with Gasteiger partial charge in [0.05, 0.1) is 6.20 Å². The van der Waals surface area contributed by atoms with Crippen LogP contribution < -0.4 is 5.32 Å². The van der Waals surface area contributed by atoms with Crippen molar-refractivity contribution in [1.29, 1.82) is 0 Å². The average Bonchev–Trinajstić information content (AvgIpc) is 3.05. The summed E-state index contributed by atoms with van der Waals surface area (Å²) in [6.07, 6.45) is 11.5. The van der Waals surface area contributed by atoms with Crippen LogP contribution in [0.1, 0.15) is 38.3 Å². The zero-order valence-electron chi connectivity index (χ0n) is 10.6. The minimum Gasteiger partial charge on any atom is -0.307 e. The fourth-order valence-corrected chi connectivity index (χ4v) is 3.51. The maximum Gasteiger partial charge on any atom is 0.0534 e. The van der Waals surface area contributed by atoms with E-state index in [0.29, 0.717) is 12.1 Å². The highest BCUT2D eigenvalue weighted by Crippen LogP contribution is 2.45. The number of nitrogens with one attached hydrogen (secondary N) is 2. The molecule has 0 spiro atoms. The Balaban J connectivity index is 1.60. The van der Waals surface area contributed by atoms with Gasteiger partial charge >= 0.3 is 0 Å². The molecule has 92 valence electrons. The van der Waals surface area contributed by atoms with Crippen molar-refractivity contribution in [2.45, 2.75) is 38.8 Å². The summed E-state index contributed by atoms with van der Waals surface area (Å²) in [5.74, 6) is 2.50. The lowest BCUT2D eigenvalue weighted by Crippen LogP contribution is -2.37. The SMILES string of the molecule is CC(NC(C)C1CC2C=CC1C2)c1cn[nH]c1. The predicted octanol–water partition coefficient (Wildman–Crippen LogP) is 2.66. The van der Waals surface area contributed by atoms with Gasteiger partial charge in [0.2, 0.25) is 0 Å². The van der Waals surface area contributed by atoms with E-state index in [1.807, 2.05) is 12.4 Å². The molecule has 2 N–H and O–H groups in total. The van der Waals surface area contributed by atoms with Gasteiger partial charge in [0, 0.05) is 23.8 Å². The molecule has 5 atom stereocenters. The Morgan fingerprint density at radius 1 is 1.35 bits per heavy atom. The number of aromatic nitrogens is 2. The first kappa shape index (κ1) is 11.0. The van der Waals surface area contributed by atoms with E-state index < -0.39 is 0 Å². The quantitative estimate of drug-likeness (QED) is 0.782. The van der Waals surface area contributed by atoms with Gasteiger partial charge in [0.15, 0.2) is 0 Å². The van der Waals surface area contributed by atoms with Gasteiger partial charge in [-0.1, -0.05) is 12.2 Å². The molecule has 17 heavy (non-hydrogen) atoms. The van der Waals surface area contributed by atoms with Crippen LogP contribution in [-0.4, -0.2) is 16.2 Å². The van der Waals surface area contributed by atoms with Crippen molar-refractivity contribution in [3.63, 3.8) is 0 Å². The Bertz CT molecular complexity index is 396. The fraction of sp³-hybridized carbons (Fsp3) is 0.643. The summed E-state index contributed by atoms with van der Waals surface area (Å²) >= 11 is 0. The minimum atomic E-state index is 0.381. The van der Waals surface area contributed by atoms with Gasteiger partial charge < -0.3 is 5.32 Å². The van der Waals surface area contributed by atoms with Crippen molar-refractivity contribution in [2.24, 2.45) is 17.8 Å². The highest BCUT2D eigenvalue weighted by atomic mass is 15.1. The molecule has 5 unspecified atom stereocenters. The molecule has 1 saturated carbocycles. The molecule has 0 amide bonds. The van der Waals surface area contributed by atoms with E-state index in [1.165, 1.54) is 18.4 Å². The number of allylic oxidation sites excluding steroid dienone is 2. The Hall–Kier alpha value is -1.09. The van der Waals surface area contributed by atoms with Crippen LogP contribution in [0, 0.1) is 17.8 Å². The Labute approximate surface area is 103 Å². The lowest BCUT2D eigenvalue weighted by Gasteiger charge is -2.28. The molecule has 1 aromatic heterocycles. The lowest BCUT2D eigenvalue weighted by atomic mass is 9.87. The van der Waals surface area contributed by atoms with E-state index in [9.17, 15) is 0 Å². The fourth-order valence-electron chi connectivity index (χ4n) is 3.51. The summed E-state index contributed by atoms with van der Waals surface area (Å²) in [6, 6.07) is 0.965. The maximum absolute atomic E-state index is 4.01. The topological polar surface area (TPSA) is 40.7 Å². The third-order valence-corrected chi connectivity index (χ3v) is 4.50. The number of nitrogens with zero attached hydrogens (tertiary/aromatic N) is 1. The van der Waals surface area contributed by atoms with Gasteiger partial charge in [-0.15, -0.1) is 0 Å². The molecule has 0 radical (unpaired) electrons. The normalized spacial score (nSPS) is 34.1. The second-order valence-electron chi connectivity index (χ2n) is 5.65. The first-order valence-electron chi connectivity index (χ1n) is 6.67. The second-order valence-corrected chi connectivity index (χ2v) is 5.65. The van der Waals surface area contributed by atoms with Gasteiger partial charge in [-0.25, -0.2) is 0 Å². The van der Waals surface area contributed by atoms with Crippen molar-refractivity contribution in [3.8, 4) is 0 Å². The Kier molecular flexibility index (Phi) is 2.79. The number of H-pyrrole nitrogens is 1. The molecule has 1 fully saturated rings. The molecule has 3 rings (SSSR count). The number of rotatable bonds is 4. The molecule has 1 heterocycles. The molecule has 0 aliphatic heterocycles. The van der Waals surface area contributed by atoms with E-state index in [0.717, 1.165) is 17.8 Å². The summed E-state index contributed by atoms with van der Waals surface area (Å²) in [6.45, 7) is 4.54. The predicted molar refractivity (Wildman–Crippen MR) is 68.4 cm³/mol. The second kappa shape index (κ2) is 4.30. The van der Waals surface area contributed by atoms with Crippen LogP contribution in [0.4, 0.5) is 0 Å². The average molecular weight is 231 g/mol. The number of hydrogen-bond acceptors (Lipinski definition) is 2. The number of fused-ring (bicyclic) bond motifs is 2. The van der Waals surface area contributed by atoms with Crippen LogP contribution in [-0.2, 0) is 0 Å². The highest BCUT2D eigenvalue weighted by Gasteiger charge is 2.38. The van der Waals surface area contributed by atoms with Crippen LogP contribution in [0.5, 0.6) is 0 Å². The summed E-state index contributed by atoms with van der Waals surface area (Å²) in [5.41, 5.74) is 1.25. The van der Waals surface area contributed by atoms with E-state index >= 15 is 0 Å². The van der Waals surface area contributed by atoms with Crippen molar-refractivity contribution in [3.05, 3.63) is 30.1 Å². The summed E-state index contributed by atoms with van der Waals surface area (Å²) in [5, 5.41) is 10.6. The van der Waals surface area contributed by atoms with Gasteiger partial charge in [0.1, 0.15) is 0 Å². The van der Waals surface area contributed by atoms with Gasteiger partial charge in [0.25, 0.3) is 0 Å². The van der Waals surface area contributed by atoms with Crippen LogP contribution in [0.3, 0.4) is 0 Å². The van der Waals surface area contributed by atoms with Crippen LogP contribution in [0.2, 0.25) is 0 Å². The van der Waals surface area contributed by atoms with Crippen molar-refractivity contribution in [1.82, 2.24) is 15.5 Å². The molecule has 2 bridgehead atoms. The maximum atomic E-state index is 4.01. The molecular formula is C14H21N3. The smallest absolute Gasteiger partial charge is 0.0534 e. The molecule has 1 aromatic rings. The van der Waals surface area contributed by atoms with Crippen molar-refractivity contribution in [2.75, 3.05) is 0 Å². The molecule has 0 saturated heterocycles.